The standard InChI is InChI=1S/C9H9FNO.3CH3.Sn/c1-2-9(12)11-8-6-4-3-5-7(8)10;;;;/h4-6H,2H2,1H3,(H,11,12);3*1H3;. The Hall–Kier alpha value is -0.581. The van der Waals surface area contributed by atoms with Gasteiger partial charge in [-0.3, -0.25) is 0 Å². The summed E-state index contributed by atoms with van der Waals surface area (Å²) in [6.07, 6.45) is 0.361. The third kappa shape index (κ3) is 3.47. The topological polar surface area (TPSA) is 29.1 Å². The first-order valence-electron chi connectivity index (χ1n) is 5.44. The molecule has 0 heterocycles. The number of nitrogens with one attached hydrogen (secondary N) is 1. The molecule has 1 amide bonds. The zero-order valence-electron chi connectivity index (χ0n) is 10.2. The quantitative estimate of drug-likeness (QED) is 0.849. The summed E-state index contributed by atoms with van der Waals surface area (Å²) in [5.74, 6) is -0.489. The van der Waals surface area contributed by atoms with E-state index in [1.807, 2.05) is 6.07 Å². The molecule has 0 saturated heterocycles. The first kappa shape index (κ1) is 13.5. The second kappa shape index (κ2) is 5.17. The van der Waals surface area contributed by atoms with E-state index in [-0.39, 0.29) is 17.4 Å². The molecule has 0 radical (unpaired) electrons. The molecular formula is C12H18FNOSn. The van der Waals surface area contributed by atoms with Crippen molar-refractivity contribution in [2.45, 2.75) is 28.2 Å². The second-order valence-electron chi connectivity index (χ2n) is 4.85. The summed E-state index contributed by atoms with van der Waals surface area (Å²) >= 11 is -2.21. The average Bonchev–Trinajstić information content (AvgIpc) is 2.19. The van der Waals surface area contributed by atoms with E-state index in [4.69, 9.17) is 0 Å². The molecule has 0 fully saturated rings. The third-order valence-electron chi connectivity index (χ3n) is 2.43. The first-order chi connectivity index (χ1) is 7.34. The molecule has 0 spiro atoms. The van der Waals surface area contributed by atoms with Gasteiger partial charge in [-0.05, 0) is 0 Å². The van der Waals surface area contributed by atoms with E-state index >= 15 is 0 Å². The maximum absolute atomic E-state index is 13.7. The average molecular weight is 330 g/mol. The Labute approximate surface area is 100 Å². The van der Waals surface area contributed by atoms with Crippen molar-refractivity contribution in [2.75, 3.05) is 5.32 Å². The molecule has 0 aromatic heterocycles. The van der Waals surface area contributed by atoms with E-state index in [2.05, 4.69) is 20.1 Å². The molecule has 1 aromatic rings. The summed E-state index contributed by atoms with van der Waals surface area (Å²) in [5, 5.41) is 2.55. The van der Waals surface area contributed by atoms with Gasteiger partial charge in [0.15, 0.2) is 0 Å². The van der Waals surface area contributed by atoms with Crippen LogP contribution in [0.2, 0.25) is 14.8 Å². The van der Waals surface area contributed by atoms with Crippen molar-refractivity contribution >= 4 is 33.6 Å². The Morgan fingerprint density at radius 3 is 2.44 bits per heavy atom. The van der Waals surface area contributed by atoms with Crippen molar-refractivity contribution in [3.8, 4) is 0 Å². The summed E-state index contributed by atoms with van der Waals surface area (Å²) in [5.41, 5.74) is 0.283. The maximum atomic E-state index is 13.7. The van der Waals surface area contributed by atoms with Crippen LogP contribution in [0.3, 0.4) is 0 Å². The Balaban J connectivity index is 2.96. The van der Waals surface area contributed by atoms with E-state index in [0.29, 0.717) is 6.42 Å². The number of benzene rings is 1. The van der Waals surface area contributed by atoms with Crippen LogP contribution in [0.4, 0.5) is 10.1 Å². The van der Waals surface area contributed by atoms with Crippen LogP contribution in [0.15, 0.2) is 18.2 Å². The van der Waals surface area contributed by atoms with Crippen LogP contribution in [-0.4, -0.2) is 24.3 Å². The predicted octanol–water partition coefficient (Wildman–Crippen LogP) is 2.72. The predicted molar refractivity (Wildman–Crippen MR) is 68.3 cm³/mol. The minimum absolute atomic E-state index is 0.161. The fourth-order valence-corrected chi connectivity index (χ4v) is 4.58. The summed E-state index contributed by atoms with van der Waals surface area (Å²) in [6, 6.07) is 5.17. The molecule has 1 N–H and O–H groups in total. The van der Waals surface area contributed by atoms with Gasteiger partial charge in [0.05, 0.1) is 0 Å². The molecule has 0 saturated carbocycles. The molecular weight excluding hydrogens is 312 g/mol. The summed E-state index contributed by atoms with van der Waals surface area (Å²) in [7, 11) is 0. The second-order valence-corrected chi connectivity index (χ2v) is 19.3. The van der Waals surface area contributed by atoms with Crippen LogP contribution in [0.5, 0.6) is 0 Å². The Bertz CT molecular complexity index is 398. The van der Waals surface area contributed by atoms with Gasteiger partial charge in [0.1, 0.15) is 0 Å². The van der Waals surface area contributed by atoms with Gasteiger partial charge in [-0.1, -0.05) is 0 Å². The van der Waals surface area contributed by atoms with E-state index in [9.17, 15) is 9.18 Å². The van der Waals surface area contributed by atoms with Gasteiger partial charge in [-0.25, -0.2) is 0 Å². The van der Waals surface area contributed by atoms with Crippen LogP contribution in [0.25, 0.3) is 0 Å². The monoisotopic (exact) mass is 331 g/mol. The van der Waals surface area contributed by atoms with Gasteiger partial charge in [-0.15, -0.1) is 0 Å². The molecule has 1 aromatic carbocycles. The van der Waals surface area contributed by atoms with Crippen LogP contribution in [0, 0.1) is 5.82 Å². The van der Waals surface area contributed by atoms with Crippen LogP contribution in [-0.2, 0) is 4.79 Å². The molecule has 88 valence electrons. The molecule has 0 aliphatic rings. The van der Waals surface area contributed by atoms with Gasteiger partial charge in [-0.2, -0.15) is 0 Å². The molecule has 4 heteroatoms. The van der Waals surface area contributed by atoms with E-state index in [1.54, 1.807) is 19.1 Å². The van der Waals surface area contributed by atoms with Gasteiger partial charge >= 0.3 is 100 Å². The summed E-state index contributed by atoms with van der Waals surface area (Å²) < 4.78 is 14.8. The van der Waals surface area contributed by atoms with E-state index in [0.717, 1.165) is 3.58 Å². The molecule has 0 atom stereocenters. The summed E-state index contributed by atoms with van der Waals surface area (Å²) in [6.45, 7) is 1.74. The normalized spacial score (nSPS) is 11.3. The number of rotatable bonds is 3. The number of hydrogen-bond acceptors (Lipinski definition) is 1. The van der Waals surface area contributed by atoms with Crippen LogP contribution >= 0.6 is 0 Å². The number of anilines is 1. The Morgan fingerprint density at radius 1 is 1.38 bits per heavy atom. The van der Waals surface area contributed by atoms with Crippen LogP contribution < -0.4 is 8.90 Å². The molecule has 2 nitrogen and oxygen atoms in total. The zero-order chi connectivity index (χ0) is 12.3. The van der Waals surface area contributed by atoms with Gasteiger partial charge < -0.3 is 0 Å². The molecule has 0 aliphatic carbocycles. The number of carbonyl (C=O) groups excluding carboxylic acids is 1. The number of hydrogen-bond donors (Lipinski definition) is 1. The van der Waals surface area contributed by atoms with Crippen molar-refractivity contribution in [1.82, 2.24) is 0 Å². The zero-order valence-corrected chi connectivity index (χ0v) is 13.1. The van der Waals surface area contributed by atoms with Crippen molar-refractivity contribution in [3.05, 3.63) is 24.0 Å². The molecule has 1 rings (SSSR count). The minimum atomic E-state index is -2.21. The van der Waals surface area contributed by atoms with Gasteiger partial charge in [0, 0.05) is 0 Å². The van der Waals surface area contributed by atoms with Gasteiger partial charge in [0.25, 0.3) is 0 Å². The third-order valence-corrected chi connectivity index (χ3v) is 8.26. The SMILES string of the molecule is CCC(=O)Nc1cc[c]([Sn]([CH3])([CH3])[CH3])cc1F. The number of carbonyl (C=O) groups is 1. The van der Waals surface area contributed by atoms with Crippen molar-refractivity contribution < 1.29 is 9.18 Å². The number of amides is 1. The number of halogens is 1. The van der Waals surface area contributed by atoms with Crippen molar-refractivity contribution in [2.24, 2.45) is 0 Å². The van der Waals surface area contributed by atoms with Crippen molar-refractivity contribution in [3.63, 3.8) is 0 Å². The summed E-state index contributed by atoms with van der Waals surface area (Å²) in [4.78, 5) is 17.8. The first-order valence-corrected chi connectivity index (χ1v) is 15.4. The van der Waals surface area contributed by atoms with E-state index < -0.39 is 18.4 Å². The van der Waals surface area contributed by atoms with Crippen LogP contribution in [0.1, 0.15) is 13.3 Å². The van der Waals surface area contributed by atoms with Crippen molar-refractivity contribution in [1.29, 1.82) is 0 Å². The fourth-order valence-electron chi connectivity index (χ4n) is 1.32. The van der Waals surface area contributed by atoms with E-state index in [1.165, 1.54) is 0 Å². The molecule has 0 bridgehead atoms. The molecule has 0 unspecified atom stereocenters. The molecule has 16 heavy (non-hydrogen) atoms. The Kier molecular flexibility index (Phi) is 4.35. The molecule has 0 aliphatic heterocycles. The Morgan fingerprint density at radius 2 is 2.00 bits per heavy atom. The van der Waals surface area contributed by atoms with Gasteiger partial charge in [0.2, 0.25) is 0 Å². The fraction of sp³-hybridized carbons (Fsp3) is 0.417.